The fourth-order valence-electron chi connectivity index (χ4n) is 3.03. The second-order valence-electron chi connectivity index (χ2n) is 4.69. The summed E-state index contributed by atoms with van der Waals surface area (Å²) < 4.78 is 27.5. The zero-order valence-corrected chi connectivity index (χ0v) is 10.4. The molecule has 2 N–H and O–H groups in total. The number of aliphatic hydroxyl groups excluding tert-OH is 1. The molecular formula is C10H20N2O3S. The van der Waals surface area contributed by atoms with Crippen molar-refractivity contribution in [3.63, 3.8) is 0 Å². The molecule has 2 fully saturated rings. The van der Waals surface area contributed by atoms with Crippen molar-refractivity contribution in [1.29, 1.82) is 0 Å². The second-order valence-corrected chi connectivity index (χ2v) is 6.52. The number of nitrogens with one attached hydrogen (secondary N) is 1. The molecule has 3 unspecified atom stereocenters. The molecule has 0 radical (unpaired) electrons. The summed E-state index contributed by atoms with van der Waals surface area (Å²) in [7, 11) is -1.90. The highest BCUT2D eigenvalue weighted by atomic mass is 32.2. The minimum atomic E-state index is -3.34. The minimum Gasteiger partial charge on any atom is -0.393 e. The van der Waals surface area contributed by atoms with Crippen LogP contribution >= 0.6 is 0 Å². The van der Waals surface area contributed by atoms with Crippen molar-refractivity contribution in [3.05, 3.63) is 0 Å². The third kappa shape index (κ3) is 2.11. The first-order valence-corrected chi connectivity index (χ1v) is 7.38. The molecule has 1 saturated carbocycles. The van der Waals surface area contributed by atoms with Crippen LogP contribution in [0.15, 0.2) is 0 Å². The fraction of sp³-hybridized carbons (Fsp3) is 1.00. The Morgan fingerprint density at radius 1 is 1.25 bits per heavy atom. The first-order chi connectivity index (χ1) is 7.56. The molecular weight excluding hydrogens is 228 g/mol. The summed E-state index contributed by atoms with van der Waals surface area (Å²) in [5.74, 6) is 0.130. The summed E-state index contributed by atoms with van der Waals surface area (Å²) in [4.78, 5) is 0. The minimum absolute atomic E-state index is 0.00468. The average molecular weight is 248 g/mol. The highest BCUT2D eigenvalue weighted by Crippen LogP contribution is 2.36. The van der Waals surface area contributed by atoms with Gasteiger partial charge in [-0.1, -0.05) is 6.42 Å². The molecule has 1 heterocycles. The van der Waals surface area contributed by atoms with Crippen LogP contribution in [0.25, 0.3) is 0 Å². The quantitative estimate of drug-likeness (QED) is 0.743. The van der Waals surface area contributed by atoms with Gasteiger partial charge in [-0.05, 0) is 25.7 Å². The van der Waals surface area contributed by atoms with Crippen LogP contribution in [0, 0.1) is 5.92 Å². The van der Waals surface area contributed by atoms with Crippen molar-refractivity contribution in [1.82, 2.24) is 9.03 Å². The number of nitrogens with zero attached hydrogens (tertiary/aromatic N) is 1. The first-order valence-electron chi connectivity index (χ1n) is 5.94. The predicted molar refractivity (Wildman–Crippen MR) is 61.1 cm³/mol. The molecule has 1 aliphatic carbocycles. The van der Waals surface area contributed by atoms with E-state index in [1.54, 1.807) is 0 Å². The van der Waals surface area contributed by atoms with Crippen molar-refractivity contribution in [2.24, 2.45) is 5.92 Å². The monoisotopic (exact) mass is 248 g/mol. The number of hydrogen-bond acceptors (Lipinski definition) is 3. The molecule has 3 atom stereocenters. The van der Waals surface area contributed by atoms with E-state index >= 15 is 0 Å². The Hall–Kier alpha value is -0.170. The smallest absolute Gasteiger partial charge is 0.279 e. The number of hydrogen-bond donors (Lipinski definition) is 2. The topological polar surface area (TPSA) is 69.6 Å². The van der Waals surface area contributed by atoms with Gasteiger partial charge in [-0.3, -0.25) is 0 Å². The molecule has 0 bridgehead atoms. The van der Waals surface area contributed by atoms with E-state index in [2.05, 4.69) is 4.72 Å². The Labute approximate surface area is 97.0 Å². The Morgan fingerprint density at radius 2 is 2.00 bits per heavy atom. The summed E-state index contributed by atoms with van der Waals surface area (Å²) in [6.45, 7) is 0.580. The normalized spacial score (nSPS) is 37.0. The van der Waals surface area contributed by atoms with E-state index in [1.807, 2.05) is 0 Å². The van der Waals surface area contributed by atoms with Crippen LogP contribution in [-0.2, 0) is 10.2 Å². The maximum absolute atomic E-state index is 11.8. The van der Waals surface area contributed by atoms with E-state index < -0.39 is 10.2 Å². The van der Waals surface area contributed by atoms with Gasteiger partial charge >= 0.3 is 0 Å². The fourth-order valence-corrected chi connectivity index (χ4v) is 4.25. The van der Waals surface area contributed by atoms with E-state index in [-0.39, 0.29) is 18.1 Å². The van der Waals surface area contributed by atoms with Crippen molar-refractivity contribution in [3.8, 4) is 0 Å². The largest absolute Gasteiger partial charge is 0.393 e. The highest BCUT2D eigenvalue weighted by Gasteiger charge is 2.42. The zero-order valence-electron chi connectivity index (χ0n) is 9.59. The molecule has 94 valence electrons. The van der Waals surface area contributed by atoms with Gasteiger partial charge in [0.1, 0.15) is 0 Å². The summed E-state index contributed by atoms with van der Waals surface area (Å²) in [6, 6.07) is -0.00468. The molecule has 16 heavy (non-hydrogen) atoms. The van der Waals surface area contributed by atoms with Gasteiger partial charge in [-0.2, -0.15) is 12.7 Å². The molecule has 0 aromatic rings. The molecule has 5 nitrogen and oxygen atoms in total. The van der Waals surface area contributed by atoms with Crippen LogP contribution in [-0.4, -0.2) is 43.6 Å². The van der Waals surface area contributed by atoms with Gasteiger partial charge in [-0.25, -0.2) is 4.72 Å². The van der Waals surface area contributed by atoms with E-state index in [9.17, 15) is 13.5 Å². The van der Waals surface area contributed by atoms with Crippen molar-refractivity contribution >= 4 is 10.2 Å². The lowest BCUT2D eigenvalue weighted by Gasteiger charge is -2.29. The van der Waals surface area contributed by atoms with Crippen LogP contribution < -0.4 is 4.72 Å². The lowest BCUT2D eigenvalue weighted by atomic mass is 9.95. The van der Waals surface area contributed by atoms with Crippen LogP contribution in [0.5, 0.6) is 0 Å². The van der Waals surface area contributed by atoms with Crippen LogP contribution in [0.2, 0.25) is 0 Å². The van der Waals surface area contributed by atoms with Gasteiger partial charge in [0.25, 0.3) is 10.2 Å². The zero-order chi connectivity index (χ0) is 11.8. The molecule has 0 aromatic carbocycles. The van der Waals surface area contributed by atoms with Gasteiger partial charge in [0.05, 0.1) is 6.10 Å². The van der Waals surface area contributed by atoms with Crippen molar-refractivity contribution < 1.29 is 13.5 Å². The predicted octanol–water partition coefficient (Wildman–Crippen LogP) is 0.0760. The first kappa shape index (κ1) is 12.3. The lowest BCUT2D eigenvalue weighted by molar-refractivity contribution is 0.0972. The maximum atomic E-state index is 11.8. The third-order valence-electron chi connectivity index (χ3n) is 3.84. The van der Waals surface area contributed by atoms with E-state index in [1.165, 1.54) is 11.4 Å². The van der Waals surface area contributed by atoms with Crippen LogP contribution in [0.3, 0.4) is 0 Å². The second kappa shape index (κ2) is 4.60. The standard InChI is InChI=1S/C10H20N2O3S/c1-11-16(14,15)12-7-3-5-9(12)8-4-2-6-10(8)13/h8-11,13H,2-7H2,1H3. The van der Waals surface area contributed by atoms with Gasteiger partial charge in [0, 0.05) is 25.6 Å². The molecule has 0 aromatic heterocycles. The highest BCUT2D eigenvalue weighted by molar-refractivity contribution is 7.87. The Kier molecular flexibility index (Phi) is 3.53. The van der Waals surface area contributed by atoms with Gasteiger partial charge in [0.2, 0.25) is 0 Å². The van der Waals surface area contributed by atoms with Gasteiger partial charge in [0.15, 0.2) is 0 Å². The molecule has 0 amide bonds. The molecule has 1 saturated heterocycles. The SMILES string of the molecule is CNS(=O)(=O)N1CCCC1C1CCCC1O. The Morgan fingerprint density at radius 3 is 2.56 bits per heavy atom. The molecule has 1 aliphatic heterocycles. The van der Waals surface area contributed by atoms with Crippen molar-refractivity contribution in [2.45, 2.75) is 44.2 Å². The Bertz CT molecular complexity index is 344. The summed E-state index contributed by atoms with van der Waals surface area (Å²) >= 11 is 0. The van der Waals surface area contributed by atoms with E-state index in [4.69, 9.17) is 0 Å². The van der Waals surface area contributed by atoms with E-state index in [0.717, 1.165) is 32.1 Å². The van der Waals surface area contributed by atoms with Crippen molar-refractivity contribution in [2.75, 3.05) is 13.6 Å². The molecule has 2 rings (SSSR count). The average Bonchev–Trinajstić information content (AvgIpc) is 2.85. The van der Waals surface area contributed by atoms with E-state index in [0.29, 0.717) is 6.54 Å². The lowest BCUT2D eigenvalue weighted by Crippen LogP contribution is -2.46. The van der Waals surface area contributed by atoms with Gasteiger partial charge < -0.3 is 5.11 Å². The maximum Gasteiger partial charge on any atom is 0.279 e. The van der Waals surface area contributed by atoms with Crippen LogP contribution in [0.4, 0.5) is 0 Å². The molecule has 6 heteroatoms. The number of rotatable bonds is 3. The van der Waals surface area contributed by atoms with Crippen LogP contribution in [0.1, 0.15) is 32.1 Å². The van der Waals surface area contributed by atoms with Gasteiger partial charge in [-0.15, -0.1) is 0 Å². The summed E-state index contributed by atoms with van der Waals surface area (Å²) in [5, 5.41) is 9.86. The summed E-state index contributed by atoms with van der Waals surface area (Å²) in [6.07, 6.45) is 4.22. The molecule has 2 aliphatic rings. The number of aliphatic hydroxyl groups is 1. The molecule has 0 spiro atoms. The third-order valence-corrected chi connectivity index (χ3v) is 5.43. The Balaban J connectivity index is 2.15. The summed E-state index contributed by atoms with van der Waals surface area (Å²) in [5.41, 5.74) is 0.